The minimum Gasteiger partial charge on any atom is -0.392 e. The van der Waals surface area contributed by atoms with Crippen LogP contribution in [0, 0.1) is 0 Å². The molecular weight excluding hydrogens is 258 g/mol. The van der Waals surface area contributed by atoms with Crippen LogP contribution < -0.4 is 11.1 Å². The summed E-state index contributed by atoms with van der Waals surface area (Å²) in [5.41, 5.74) is 5.73. The van der Waals surface area contributed by atoms with Gasteiger partial charge in [-0.15, -0.1) is 0 Å². The van der Waals surface area contributed by atoms with E-state index < -0.39 is 0 Å². The molecule has 4 nitrogen and oxygen atoms in total. The molecule has 3 N–H and O–H groups in total. The second kappa shape index (κ2) is 7.20. The molecule has 1 saturated heterocycles. The average Bonchev–Trinajstić information content (AvgIpc) is 2.66. The Balaban J connectivity index is 1.78. The number of thiocarbonyl (C=S) groups is 1. The summed E-state index contributed by atoms with van der Waals surface area (Å²) >= 11 is 5.07. The molecule has 1 aliphatic carbocycles. The molecule has 1 heterocycles. The molecule has 1 aliphatic heterocycles. The average molecular weight is 283 g/mol. The van der Waals surface area contributed by atoms with Gasteiger partial charge in [0.15, 0.2) is 0 Å². The van der Waals surface area contributed by atoms with E-state index >= 15 is 0 Å². The predicted octanol–water partition coefficient (Wildman–Crippen LogP) is 1.58. The number of rotatable bonds is 4. The predicted molar refractivity (Wildman–Crippen MR) is 81.0 cm³/mol. The molecule has 2 fully saturated rings. The highest BCUT2D eigenvalue weighted by Gasteiger charge is 2.28. The Morgan fingerprint density at radius 2 is 1.84 bits per heavy atom. The second-order valence-corrected chi connectivity index (χ2v) is 6.26. The van der Waals surface area contributed by atoms with E-state index in [2.05, 4.69) is 10.2 Å². The third-order valence-electron chi connectivity index (χ3n) is 4.26. The molecule has 0 aromatic carbocycles. The van der Waals surface area contributed by atoms with E-state index in [0.29, 0.717) is 17.6 Å². The zero-order valence-corrected chi connectivity index (χ0v) is 12.4. The topological polar surface area (TPSA) is 58.4 Å². The summed E-state index contributed by atoms with van der Waals surface area (Å²) in [5, 5.41) is 3.18. The summed E-state index contributed by atoms with van der Waals surface area (Å²) in [6.45, 7) is 1.37. The lowest BCUT2D eigenvalue weighted by Gasteiger charge is -2.24. The summed E-state index contributed by atoms with van der Waals surface area (Å²) in [6, 6.07) is 0.496. The summed E-state index contributed by atoms with van der Waals surface area (Å²) in [6.07, 6.45) is 9.43. The molecule has 1 atom stereocenters. The Bertz CT molecular complexity index is 327. The van der Waals surface area contributed by atoms with Crippen molar-refractivity contribution in [2.24, 2.45) is 5.73 Å². The minimum atomic E-state index is 0.120. The summed E-state index contributed by atoms with van der Waals surface area (Å²) in [4.78, 5) is 14.8. The van der Waals surface area contributed by atoms with Crippen LogP contribution >= 0.6 is 12.2 Å². The Hall–Kier alpha value is -0.680. The van der Waals surface area contributed by atoms with Gasteiger partial charge >= 0.3 is 0 Å². The summed E-state index contributed by atoms with van der Waals surface area (Å²) in [5.74, 6) is 0.134. The normalized spacial score (nSPS) is 26.0. The molecule has 1 amide bonds. The van der Waals surface area contributed by atoms with Crippen molar-refractivity contribution in [3.05, 3.63) is 0 Å². The van der Waals surface area contributed by atoms with E-state index in [-0.39, 0.29) is 11.9 Å². The number of likely N-dealkylation sites (tertiary alicyclic amines) is 1. The van der Waals surface area contributed by atoms with Crippen LogP contribution in [0.5, 0.6) is 0 Å². The van der Waals surface area contributed by atoms with Crippen molar-refractivity contribution in [1.82, 2.24) is 10.2 Å². The number of amides is 1. The van der Waals surface area contributed by atoms with E-state index in [1.807, 2.05) is 0 Å². The van der Waals surface area contributed by atoms with E-state index in [1.165, 1.54) is 25.7 Å². The molecule has 108 valence electrons. The third kappa shape index (κ3) is 4.42. The zero-order valence-electron chi connectivity index (χ0n) is 11.6. The van der Waals surface area contributed by atoms with Crippen LogP contribution in [-0.4, -0.2) is 41.0 Å². The number of nitrogens with one attached hydrogen (secondary N) is 1. The molecular formula is C14H25N3OS. The van der Waals surface area contributed by atoms with Gasteiger partial charge in [-0.2, -0.15) is 0 Å². The number of carbonyl (C=O) groups excluding carboxylic acids is 1. The Morgan fingerprint density at radius 1 is 1.16 bits per heavy atom. The maximum absolute atomic E-state index is 12.1. The van der Waals surface area contributed by atoms with Crippen molar-refractivity contribution in [2.45, 2.75) is 63.5 Å². The largest absolute Gasteiger partial charge is 0.392 e. The lowest BCUT2D eigenvalue weighted by molar-refractivity contribution is -0.123. The fourth-order valence-electron chi connectivity index (χ4n) is 3.22. The third-order valence-corrected chi connectivity index (χ3v) is 4.53. The standard InChI is InChI=1S/C14H25N3OS/c15-14(19)12-8-5-9-17(12)10-13(18)16-11-6-3-1-2-4-7-11/h11-12H,1-10H2,(H2,15,19)(H,16,18). The lowest BCUT2D eigenvalue weighted by atomic mass is 10.1. The van der Waals surface area contributed by atoms with Crippen LogP contribution in [0.2, 0.25) is 0 Å². The van der Waals surface area contributed by atoms with E-state index in [4.69, 9.17) is 18.0 Å². The summed E-state index contributed by atoms with van der Waals surface area (Å²) < 4.78 is 0. The van der Waals surface area contributed by atoms with Crippen molar-refractivity contribution in [2.75, 3.05) is 13.1 Å². The van der Waals surface area contributed by atoms with Gasteiger partial charge in [0.2, 0.25) is 5.91 Å². The first-order chi connectivity index (χ1) is 9.16. The molecule has 1 saturated carbocycles. The molecule has 0 spiro atoms. The highest BCUT2D eigenvalue weighted by molar-refractivity contribution is 7.80. The monoisotopic (exact) mass is 283 g/mol. The van der Waals surface area contributed by atoms with Crippen molar-refractivity contribution >= 4 is 23.1 Å². The molecule has 0 aromatic rings. The summed E-state index contributed by atoms with van der Waals surface area (Å²) in [7, 11) is 0. The maximum atomic E-state index is 12.1. The maximum Gasteiger partial charge on any atom is 0.234 e. The van der Waals surface area contributed by atoms with Gasteiger partial charge in [-0.05, 0) is 32.2 Å². The molecule has 0 radical (unpaired) electrons. The number of carbonyl (C=O) groups is 1. The van der Waals surface area contributed by atoms with Gasteiger partial charge in [-0.3, -0.25) is 9.69 Å². The van der Waals surface area contributed by atoms with E-state index in [1.54, 1.807) is 0 Å². The van der Waals surface area contributed by atoms with E-state index in [9.17, 15) is 4.79 Å². The van der Waals surface area contributed by atoms with Crippen molar-refractivity contribution in [3.8, 4) is 0 Å². The van der Waals surface area contributed by atoms with Gasteiger partial charge in [-0.1, -0.05) is 37.9 Å². The number of nitrogens with zero attached hydrogens (tertiary/aromatic N) is 1. The highest BCUT2D eigenvalue weighted by atomic mass is 32.1. The highest BCUT2D eigenvalue weighted by Crippen LogP contribution is 2.19. The quantitative estimate of drug-likeness (QED) is 0.607. The first kappa shape index (κ1) is 14.7. The zero-order chi connectivity index (χ0) is 13.7. The SMILES string of the molecule is NC(=S)C1CCCN1CC(=O)NC1CCCCCC1. The molecule has 19 heavy (non-hydrogen) atoms. The van der Waals surface area contributed by atoms with Gasteiger partial charge in [0, 0.05) is 6.04 Å². The fraction of sp³-hybridized carbons (Fsp3) is 0.857. The van der Waals surface area contributed by atoms with Crippen molar-refractivity contribution < 1.29 is 4.79 Å². The van der Waals surface area contributed by atoms with Crippen LogP contribution in [0.25, 0.3) is 0 Å². The van der Waals surface area contributed by atoms with Gasteiger partial charge in [0.1, 0.15) is 0 Å². The number of hydrogen-bond donors (Lipinski definition) is 2. The molecule has 1 unspecified atom stereocenters. The molecule has 0 bridgehead atoms. The first-order valence-electron chi connectivity index (χ1n) is 7.49. The number of hydrogen-bond acceptors (Lipinski definition) is 3. The van der Waals surface area contributed by atoms with Crippen LogP contribution in [0.4, 0.5) is 0 Å². The van der Waals surface area contributed by atoms with Crippen molar-refractivity contribution in [3.63, 3.8) is 0 Å². The Kier molecular flexibility index (Phi) is 5.58. The molecule has 5 heteroatoms. The van der Waals surface area contributed by atoms with Gasteiger partial charge in [0.25, 0.3) is 0 Å². The van der Waals surface area contributed by atoms with E-state index in [0.717, 1.165) is 32.2 Å². The molecule has 0 aromatic heterocycles. The lowest BCUT2D eigenvalue weighted by Crippen LogP contribution is -2.46. The van der Waals surface area contributed by atoms with Crippen LogP contribution in [0.3, 0.4) is 0 Å². The minimum absolute atomic E-state index is 0.120. The Morgan fingerprint density at radius 3 is 2.47 bits per heavy atom. The smallest absolute Gasteiger partial charge is 0.234 e. The molecule has 2 rings (SSSR count). The number of nitrogens with two attached hydrogens (primary N) is 1. The van der Waals surface area contributed by atoms with Crippen LogP contribution in [0.1, 0.15) is 51.4 Å². The fourth-order valence-corrected chi connectivity index (χ4v) is 3.49. The first-order valence-corrected chi connectivity index (χ1v) is 7.90. The van der Waals surface area contributed by atoms with Crippen LogP contribution in [-0.2, 0) is 4.79 Å². The van der Waals surface area contributed by atoms with Gasteiger partial charge in [-0.25, -0.2) is 0 Å². The van der Waals surface area contributed by atoms with Crippen LogP contribution in [0.15, 0.2) is 0 Å². The Labute approximate surface area is 121 Å². The second-order valence-electron chi connectivity index (χ2n) is 5.79. The van der Waals surface area contributed by atoms with Gasteiger partial charge < -0.3 is 11.1 Å². The molecule has 2 aliphatic rings. The van der Waals surface area contributed by atoms with Crippen molar-refractivity contribution in [1.29, 1.82) is 0 Å². The van der Waals surface area contributed by atoms with Gasteiger partial charge in [0.05, 0.1) is 17.6 Å².